The Labute approximate surface area is 124 Å². The van der Waals surface area contributed by atoms with E-state index in [9.17, 15) is 9.59 Å². The maximum absolute atomic E-state index is 12.0. The molecule has 0 aliphatic heterocycles. The van der Waals surface area contributed by atoms with Gasteiger partial charge in [-0.3, -0.25) is 9.59 Å². The number of aryl methyl sites for hydroxylation is 1. The van der Waals surface area contributed by atoms with Crippen molar-refractivity contribution in [1.82, 2.24) is 0 Å². The van der Waals surface area contributed by atoms with Crippen LogP contribution in [-0.2, 0) is 22.4 Å². The maximum Gasteiger partial charge on any atom is 0.228 e. The monoisotopic (exact) mass is 282 g/mol. The smallest absolute Gasteiger partial charge is 0.228 e. The van der Waals surface area contributed by atoms with E-state index in [1.54, 1.807) is 24.3 Å². The molecule has 0 saturated carbocycles. The van der Waals surface area contributed by atoms with Crippen LogP contribution in [-0.4, -0.2) is 11.8 Å². The van der Waals surface area contributed by atoms with E-state index in [4.69, 9.17) is 5.73 Å². The first-order valence-electron chi connectivity index (χ1n) is 6.75. The van der Waals surface area contributed by atoms with Gasteiger partial charge in [-0.05, 0) is 30.2 Å². The third kappa shape index (κ3) is 4.76. The summed E-state index contributed by atoms with van der Waals surface area (Å²) in [4.78, 5) is 22.8. The quantitative estimate of drug-likeness (QED) is 0.882. The zero-order valence-electron chi connectivity index (χ0n) is 11.9. The summed E-state index contributed by atoms with van der Waals surface area (Å²) in [6.07, 6.45) is 0.544. The molecule has 4 heteroatoms. The van der Waals surface area contributed by atoms with Gasteiger partial charge in [-0.1, -0.05) is 42.0 Å². The fraction of sp³-hybridized carbons (Fsp3) is 0.176. The van der Waals surface area contributed by atoms with Crippen LogP contribution in [0.4, 0.5) is 5.69 Å². The minimum atomic E-state index is -0.369. The molecule has 21 heavy (non-hydrogen) atoms. The summed E-state index contributed by atoms with van der Waals surface area (Å²) in [5, 5.41) is 2.84. The standard InChI is InChI=1S/C17H18N2O2/c1-12-3-2-4-14(9-12)11-17(21)19-15-7-5-13(6-8-15)10-16(18)20/h2-9H,10-11H2,1H3,(H2,18,20)(H,19,21). The molecule has 0 aliphatic rings. The van der Waals surface area contributed by atoms with Crippen molar-refractivity contribution in [3.8, 4) is 0 Å². The van der Waals surface area contributed by atoms with Crippen LogP contribution in [0.3, 0.4) is 0 Å². The highest BCUT2D eigenvalue weighted by molar-refractivity contribution is 5.92. The van der Waals surface area contributed by atoms with E-state index in [0.29, 0.717) is 12.1 Å². The molecule has 0 fully saturated rings. The summed E-state index contributed by atoms with van der Waals surface area (Å²) >= 11 is 0. The van der Waals surface area contributed by atoms with Gasteiger partial charge in [0, 0.05) is 5.69 Å². The second kappa shape index (κ2) is 6.70. The minimum Gasteiger partial charge on any atom is -0.369 e. The Morgan fingerprint density at radius 2 is 1.71 bits per heavy atom. The highest BCUT2D eigenvalue weighted by Crippen LogP contribution is 2.11. The third-order valence-electron chi connectivity index (χ3n) is 3.06. The molecular weight excluding hydrogens is 264 g/mol. The van der Waals surface area contributed by atoms with Crippen molar-refractivity contribution in [3.05, 3.63) is 65.2 Å². The Hall–Kier alpha value is -2.62. The summed E-state index contributed by atoms with van der Waals surface area (Å²) < 4.78 is 0. The summed E-state index contributed by atoms with van der Waals surface area (Å²) in [7, 11) is 0. The van der Waals surface area contributed by atoms with Crippen molar-refractivity contribution in [2.45, 2.75) is 19.8 Å². The van der Waals surface area contributed by atoms with Crippen LogP contribution in [0.2, 0.25) is 0 Å². The first-order chi connectivity index (χ1) is 10.0. The molecule has 0 unspecified atom stereocenters. The number of nitrogens with one attached hydrogen (secondary N) is 1. The Bertz CT molecular complexity index is 648. The predicted octanol–water partition coefficient (Wildman–Crippen LogP) is 2.20. The van der Waals surface area contributed by atoms with Crippen LogP contribution < -0.4 is 11.1 Å². The Morgan fingerprint density at radius 3 is 2.33 bits per heavy atom. The lowest BCUT2D eigenvalue weighted by atomic mass is 10.1. The number of carbonyl (C=O) groups excluding carboxylic acids is 2. The van der Waals surface area contributed by atoms with Gasteiger partial charge in [-0.2, -0.15) is 0 Å². The van der Waals surface area contributed by atoms with Gasteiger partial charge in [-0.25, -0.2) is 0 Å². The molecule has 0 bridgehead atoms. The van der Waals surface area contributed by atoms with E-state index in [1.165, 1.54) is 0 Å². The molecule has 0 aliphatic carbocycles. The summed E-state index contributed by atoms with van der Waals surface area (Å²) in [6.45, 7) is 2.00. The molecule has 0 aromatic heterocycles. The topological polar surface area (TPSA) is 72.2 Å². The van der Waals surface area contributed by atoms with E-state index < -0.39 is 0 Å². The molecule has 0 atom stereocenters. The molecule has 108 valence electrons. The molecule has 2 amide bonds. The van der Waals surface area contributed by atoms with E-state index in [2.05, 4.69) is 5.32 Å². The summed E-state index contributed by atoms with van der Waals surface area (Å²) in [6, 6.07) is 15.0. The average Bonchev–Trinajstić information content (AvgIpc) is 2.40. The van der Waals surface area contributed by atoms with Gasteiger partial charge in [0.2, 0.25) is 11.8 Å². The lowest BCUT2D eigenvalue weighted by Crippen LogP contribution is -2.15. The van der Waals surface area contributed by atoms with Crippen LogP contribution in [0, 0.1) is 6.92 Å². The molecular formula is C17H18N2O2. The first-order valence-corrected chi connectivity index (χ1v) is 6.75. The first kappa shape index (κ1) is 14.8. The number of hydrogen-bond acceptors (Lipinski definition) is 2. The SMILES string of the molecule is Cc1cccc(CC(=O)Nc2ccc(CC(N)=O)cc2)c1. The molecule has 0 spiro atoms. The molecule has 0 heterocycles. The van der Waals surface area contributed by atoms with E-state index in [0.717, 1.165) is 16.7 Å². The van der Waals surface area contributed by atoms with Crippen molar-refractivity contribution in [3.63, 3.8) is 0 Å². The van der Waals surface area contributed by atoms with E-state index in [1.807, 2.05) is 31.2 Å². The molecule has 2 aromatic carbocycles. The van der Waals surface area contributed by atoms with Gasteiger partial charge in [-0.15, -0.1) is 0 Å². The lowest BCUT2D eigenvalue weighted by Gasteiger charge is -2.07. The molecule has 2 aromatic rings. The lowest BCUT2D eigenvalue weighted by molar-refractivity contribution is -0.117. The van der Waals surface area contributed by atoms with Crippen LogP contribution >= 0.6 is 0 Å². The zero-order valence-corrected chi connectivity index (χ0v) is 11.9. The van der Waals surface area contributed by atoms with Crippen LogP contribution in [0.15, 0.2) is 48.5 Å². The normalized spacial score (nSPS) is 10.1. The Morgan fingerprint density at radius 1 is 1.00 bits per heavy atom. The maximum atomic E-state index is 12.0. The summed E-state index contributed by atoms with van der Waals surface area (Å²) in [5.74, 6) is -0.436. The fourth-order valence-electron chi connectivity index (χ4n) is 2.12. The summed E-state index contributed by atoms with van der Waals surface area (Å²) in [5.41, 5.74) is 8.79. The van der Waals surface area contributed by atoms with Gasteiger partial charge in [0.05, 0.1) is 12.8 Å². The van der Waals surface area contributed by atoms with Gasteiger partial charge >= 0.3 is 0 Å². The molecule has 0 radical (unpaired) electrons. The fourth-order valence-corrected chi connectivity index (χ4v) is 2.12. The Kier molecular flexibility index (Phi) is 4.72. The van der Waals surface area contributed by atoms with Crippen LogP contribution in [0.25, 0.3) is 0 Å². The van der Waals surface area contributed by atoms with Crippen molar-refractivity contribution in [2.75, 3.05) is 5.32 Å². The van der Waals surface area contributed by atoms with Gasteiger partial charge < -0.3 is 11.1 Å². The van der Waals surface area contributed by atoms with Crippen molar-refractivity contribution in [2.24, 2.45) is 5.73 Å². The number of hydrogen-bond donors (Lipinski definition) is 2. The van der Waals surface area contributed by atoms with E-state index in [-0.39, 0.29) is 18.2 Å². The van der Waals surface area contributed by atoms with Gasteiger partial charge in [0.15, 0.2) is 0 Å². The van der Waals surface area contributed by atoms with E-state index >= 15 is 0 Å². The van der Waals surface area contributed by atoms with Crippen LogP contribution in [0.1, 0.15) is 16.7 Å². The molecule has 2 rings (SSSR count). The minimum absolute atomic E-state index is 0.0664. The molecule has 0 saturated heterocycles. The number of carbonyl (C=O) groups is 2. The largest absolute Gasteiger partial charge is 0.369 e. The number of anilines is 1. The number of rotatable bonds is 5. The van der Waals surface area contributed by atoms with Gasteiger partial charge in [0.25, 0.3) is 0 Å². The molecule has 3 N–H and O–H groups in total. The highest BCUT2D eigenvalue weighted by Gasteiger charge is 2.05. The number of nitrogens with two attached hydrogens (primary N) is 1. The zero-order chi connectivity index (χ0) is 15.2. The second-order valence-electron chi connectivity index (χ2n) is 5.05. The van der Waals surface area contributed by atoms with Crippen LogP contribution in [0.5, 0.6) is 0 Å². The second-order valence-corrected chi connectivity index (χ2v) is 5.05. The number of primary amides is 1. The number of amides is 2. The molecule has 4 nitrogen and oxygen atoms in total. The average molecular weight is 282 g/mol. The van der Waals surface area contributed by atoms with Crippen molar-refractivity contribution >= 4 is 17.5 Å². The van der Waals surface area contributed by atoms with Crippen molar-refractivity contribution in [1.29, 1.82) is 0 Å². The Balaban J connectivity index is 1.95. The van der Waals surface area contributed by atoms with Crippen molar-refractivity contribution < 1.29 is 9.59 Å². The number of benzene rings is 2. The predicted molar refractivity (Wildman–Crippen MR) is 82.9 cm³/mol. The highest BCUT2D eigenvalue weighted by atomic mass is 16.1. The third-order valence-corrected chi connectivity index (χ3v) is 3.06. The van der Waals surface area contributed by atoms with Gasteiger partial charge in [0.1, 0.15) is 0 Å².